The highest BCUT2D eigenvalue weighted by molar-refractivity contribution is 5.46. The molecule has 2 heterocycles. The van der Waals surface area contributed by atoms with Crippen LogP contribution in [0.3, 0.4) is 0 Å². The van der Waals surface area contributed by atoms with Gasteiger partial charge >= 0.3 is 0 Å². The average Bonchev–Trinajstić information content (AvgIpc) is 2.67. The topological polar surface area (TPSA) is 30.9 Å². The van der Waals surface area contributed by atoms with Crippen LogP contribution in [-0.2, 0) is 10.2 Å². The Morgan fingerprint density at radius 2 is 1.62 bits per heavy atom. The maximum atomic E-state index is 6.51. The molecule has 0 bridgehead atoms. The molecule has 0 amide bonds. The lowest BCUT2D eigenvalue weighted by Crippen LogP contribution is -2.51. The Bertz CT molecular complexity index is 748. The minimum absolute atomic E-state index is 0.0711. The molecule has 0 radical (unpaired) electrons. The molecular formula is C22H27NO3. The Kier molecular flexibility index (Phi) is 4.63. The van der Waals surface area contributed by atoms with Crippen LogP contribution in [0.1, 0.15) is 38.0 Å². The Morgan fingerprint density at radius 3 is 2.31 bits per heavy atom. The first-order chi connectivity index (χ1) is 12.5. The highest BCUT2D eigenvalue weighted by Crippen LogP contribution is 2.42. The predicted molar refractivity (Wildman–Crippen MR) is 102 cm³/mol. The molecule has 2 aliphatic rings. The van der Waals surface area contributed by atoms with E-state index in [0.29, 0.717) is 0 Å². The van der Waals surface area contributed by atoms with Gasteiger partial charge < -0.3 is 14.2 Å². The molecule has 4 nitrogen and oxygen atoms in total. The second kappa shape index (κ2) is 6.93. The van der Waals surface area contributed by atoms with Gasteiger partial charge in [0.05, 0.1) is 13.2 Å². The van der Waals surface area contributed by atoms with Gasteiger partial charge in [-0.1, -0.05) is 57.2 Å². The molecular weight excluding hydrogens is 326 g/mol. The van der Waals surface area contributed by atoms with E-state index in [1.807, 2.05) is 12.1 Å². The third kappa shape index (κ3) is 3.44. The molecule has 4 heteroatoms. The second-order valence-electron chi connectivity index (χ2n) is 8.02. The molecule has 0 N–H and O–H groups in total. The van der Waals surface area contributed by atoms with Crippen LogP contribution in [0.4, 0.5) is 0 Å². The number of fused-ring (bicyclic) bond motifs is 1. The van der Waals surface area contributed by atoms with Crippen molar-refractivity contribution in [3.63, 3.8) is 0 Å². The number of nitrogens with zero attached hydrogens (tertiary/aromatic N) is 1. The van der Waals surface area contributed by atoms with Crippen LogP contribution in [0.5, 0.6) is 11.5 Å². The van der Waals surface area contributed by atoms with Crippen molar-refractivity contribution in [2.75, 3.05) is 26.3 Å². The lowest BCUT2D eigenvalue weighted by molar-refractivity contribution is -0.109. The highest BCUT2D eigenvalue weighted by atomic mass is 16.6. The lowest BCUT2D eigenvalue weighted by Gasteiger charge is -2.42. The van der Waals surface area contributed by atoms with E-state index in [1.165, 1.54) is 5.56 Å². The van der Waals surface area contributed by atoms with Gasteiger partial charge in [0.1, 0.15) is 0 Å². The maximum absolute atomic E-state index is 6.51. The average molecular weight is 353 g/mol. The third-order valence-corrected chi connectivity index (χ3v) is 5.10. The maximum Gasteiger partial charge on any atom is 0.194 e. The predicted octanol–water partition coefficient (Wildman–Crippen LogP) is 4.15. The van der Waals surface area contributed by atoms with Crippen molar-refractivity contribution >= 4 is 0 Å². The minimum Gasteiger partial charge on any atom is -0.476 e. The molecule has 0 aromatic heterocycles. The van der Waals surface area contributed by atoms with Gasteiger partial charge in [0, 0.05) is 13.1 Å². The zero-order valence-electron chi connectivity index (χ0n) is 15.8. The fourth-order valence-corrected chi connectivity index (χ4v) is 3.52. The van der Waals surface area contributed by atoms with Crippen LogP contribution in [0.2, 0.25) is 0 Å². The van der Waals surface area contributed by atoms with Crippen LogP contribution in [0.25, 0.3) is 0 Å². The molecule has 26 heavy (non-hydrogen) atoms. The normalized spacial score (nSPS) is 23.7. The number of ether oxygens (including phenoxy) is 3. The van der Waals surface area contributed by atoms with E-state index in [-0.39, 0.29) is 17.7 Å². The molecule has 4 rings (SSSR count). The van der Waals surface area contributed by atoms with Gasteiger partial charge in [-0.3, -0.25) is 4.90 Å². The zero-order chi connectivity index (χ0) is 18.1. The van der Waals surface area contributed by atoms with Gasteiger partial charge in [0.2, 0.25) is 0 Å². The van der Waals surface area contributed by atoms with Crippen molar-refractivity contribution in [1.29, 1.82) is 0 Å². The Labute approximate surface area is 155 Å². The monoisotopic (exact) mass is 353 g/mol. The SMILES string of the molecule is CC(C)(C)c1ccc2c(c1)O[C@@H](c1ccccc1)[C@H](N1CCOCC1)O2. The van der Waals surface area contributed by atoms with E-state index >= 15 is 0 Å². The van der Waals surface area contributed by atoms with Crippen molar-refractivity contribution in [1.82, 2.24) is 4.90 Å². The van der Waals surface area contributed by atoms with Crippen LogP contribution in [-0.4, -0.2) is 37.4 Å². The molecule has 1 fully saturated rings. The standard InChI is InChI=1S/C22H27NO3/c1-22(2,3)17-9-10-18-19(15-17)25-20(16-7-5-4-6-8-16)21(26-18)23-11-13-24-14-12-23/h4-10,15,20-21H,11-14H2,1-3H3/t20-,21+/m0/s1. The van der Waals surface area contributed by atoms with Gasteiger partial charge in [-0.25, -0.2) is 0 Å². The number of hydrogen-bond acceptors (Lipinski definition) is 4. The van der Waals surface area contributed by atoms with Crippen LogP contribution in [0.15, 0.2) is 48.5 Å². The van der Waals surface area contributed by atoms with Gasteiger partial charge in [0.15, 0.2) is 23.8 Å². The van der Waals surface area contributed by atoms with E-state index in [0.717, 1.165) is 43.4 Å². The zero-order valence-corrected chi connectivity index (χ0v) is 15.8. The van der Waals surface area contributed by atoms with E-state index in [9.17, 15) is 0 Å². The van der Waals surface area contributed by atoms with Gasteiger partial charge in [0.25, 0.3) is 0 Å². The first kappa shape index (κ1) is 17.4. The van der Waals surface area contributed by atoms with Crippen molar-refractivity contribution in [3.05, 3.63) is 59.7 Å². The molecule has 0 spiro atoms. The summed E-state index contributed by atoms with van der Waals surface area (Å²) in [4.78, 5) is 2.32. The summed E-state index contributed by atoms with van der Waals surface area (Å²) in [6.07, 6.45) is -0.300. The molecule has 0 aliphatic carbocycles. The smallest absolute Gasteiger partial charge is 0.194 e. The van der Waals surface area contributed by atoms with E-state index in [2.05, 4.69) is 62.1 Å². The van der Waals surface area contributed by atoms with Crippen molar-refractivity contribution in [2.24, 2.45) is 0 Å². The Morgan fingerprint density at radius 1 is 0.885 bits per heavy atom. The summed E-state index contributed by atoms with van der Waals surface area (Å²) in [5.74, 6) is 1.65. The summed E-state index contributed by atoms with van der Waals surface area (Å²) >= 11 is 0. The fraction of sp³-hybridized carbons (Fsp3) is 0.455. The first-order valence-electron chi connectivity index (χ1n) is 9.37. The second-order valence-corrected chi connectivity index (χ2v) is 8.02. The molecule has 0 unspecified atom stereocenters. The Hall–Kier alpha value is -2.04. The molecule has 138 valence electrons. The summed E-state index contributed by atoms with van der Waals surface area (Å²) < 4.78 is 18.5. The summed E-state index contributed by atoms with van der Waals surface area (Å²) in [5.41, 5.74) is 2.45. The van der Waals surface area contributed by atoms with E-state index < -0.39 is 0 Å². The number of rotatable bonds is 2. The summed E-state index contributed by atoms with van der Waals surface area (Å²) in [5, 5.41) is 0. The van der Waals surface area contributed by atoms with Gasteiger partial charge in [-0.2, -0.15) is 0 Å². The van der Waals surface area contributed by atoms with Gasteiger partial charge in [-0.15, -0.1) is 0 Å². The van der Waals surface area contributed by atoms with E-state index in [1.54, 1.807) is 0 Å². The number of hydrogen-bond donors (Lipinski definition) is 0. The van der Waals surface area contributed by atoms with Crippen molar-refractivity contribution in [2.45, 2.75) is 38.5 Å². The number of benzene rings is 2. The first-order valence-corrected chi connectivity index (χ1v) is 9.37. The summed E-state index contributed by atoms with van der Waals surface area (Å²) in [6.45, 7) is 9.81. The third-order valence-electron chi connectivity index (χ3n) is 5.10. The quantitative estimate of drug-likeness (QED) is 0.811. The molecule has 2 aromatic carbocycles. The molecule has 0 saturated carbocycles. The summed E-state index contributed by atoms with van der Waals surface area (Å²) in [7, 11) is 0. The Balaban J connectivity index is 1.70. The molecule has 2 aliphatic heterocycles. The fourth-order valence-electron chi connectivity index (χ4n) is 3.52. The van der Waals surface area contributed by atoms with Crippen molar-refractivity contribution < 1.29 is 14.2 Å². The molecule has 1 saturated heterocycles. The van der Waals surface area contributed by atoms with E-state index in [4.69, 9.17) is 14.2 Å². The number of morpholine rings is 1. The summed E-state index contributed by atoms with van der Waals surface area (Å²) in [6, 6.07) is 16.7. The molecule has 2 aromatic rings. The van der Waals surface area contributed by atoms with Gasteiger partial charge in [-0.05, 0) is 28.7 Å². The minimum atomic E-state index is -0.156. The van der Waals surface area contributed by atoms with Crippen LogP contribution < -0.4 is 9.47 Å². The van der Waals surface area contributed by atoms with Crippen molar-refractivity contribution in [3.8, 4) is 11.5 Å². The van der Waals surface area contributed by atoms with Crippen LogP contribution in [0, 0.1) is 0 Å². The van der Waals surface area contributed by atoms with Crippen LogP contribution >= 0.6 is 0 Å². The molecule has 2 atom stereocenters. The lowest BCUT2D eigenvalue weighted by atomic mass is 9.87. The highest BCUT2D eigenvalue weighted by Gasteiger charge is 2.38. The largest absolute Gasteiger partial charge is 0.476 e.